The summed E-state index contributed by atoms with van der Waals surface area (Å²) in [6.07, 6.45) is -0.256. The quantitative estimate of drug-likeness (QED) is 0.646. The number of aliphatic hydroxyl groups is 1. The van der Waals surface area contributed by atoms with Gasteiger partial charge in [-0.25, -0.2) is 4.79 Å². The molecule has 122 valence electrons. The Labute approximate surface area is 142 Å². The molecule has 8 heteroatoms. The Morgan fingerprint density at radius 2 is 2.19 bits per heavy atom. The van der Waals surface area contributed by atoms with Crippen LogP contribution in [0.1, 0.15) is 20.8 Å². The van der Waals surface area contributed by atoms with Crippen LogP contribution in [0, 0.1) is 0 Å². The molecule has 0 saturated carbocycles. The number of fused-ring (bicyclic) bond motifs is 1. The van der Waals surface area contributed by atoms with Crippen molar-refractivity contribution >= 4 is 36.0 Å². The Morgan fingerprint density at radius 3 is 2.81 bits per heavy atom. The molecular weight excluding hydrogens is 387 g/mol. The van der Waals surface area contributed by atoms with Crippen molar-refractivity contribution in [1.29, 1.82) is 0 Å². The molecule has 0 aromatic carbocycles. The molecule has 2 aliphatic heterocycles. The monoisotopic (exact) mass is 412 g/mol. The van der Waals surface area contributed by atoms with Gasteiger partial charge in [-0.1, -0.05) is 0 Å². The molecule has 0 aromatic rings. The fourth-order valence-corrected chi connectivity index (χ4v) is 2.39. The largest absolute Gasteiger partial charge is 0.444 e. The predicted molar refractivity (Wildman–Crippen MR) is 91.1 cm³/mol. The van der Waals surface area contributed by atoms with E-state index in [0.29, 0.717) is 26.2 Å². The van der Waals surface area contributed by atoms with Crippen LogP contribution in [-0.2, 0) is 4.74 Å². The van der Waals surface area contributed by atoms with Gasteiger partial charge in [0.25, 0.3) is 0 Å². The normalized spacial score (nSPS) is 21.3. The van der Waals surface area contributed by atoms with Crippen molar-refractivity contribution in [1.82, 2.24) is 15.1 Å². The molecule has 2 heterocycles. The van der Waals surface area contributed by atoms with Crippen molar-refractivity contribution in [2.45, 2.75) is 32.4 Å². The van der Waals surface area contributed by atoms with Gasteiger partial charge in [-0.05, 0) is 20.8 Å². The lowest BCUT2D eigenvalue weighted by atomic mass is 10.2. The smallest absolute Gasteiger partial charge is 0.410 e. The first-order chi connectivity index (χ1) is 9.40. The molecule has 0 radical (unpaired) electrons. The van der Waals surface area contributed by atoms with E-state index in [1.165, 1.54) is 0 Å². The van der Waals surface area contributed by atoms with Crippen molar-refractivity contribution in [2.24, 2.45) is 4.99 Å². The Hall–Kier alpha value is -0.770. The molecular formula is C13H25IN4O3. The first-order valence-electron chi connectivity index (χ1n) is 7.04. The molecule has 0 aliphatic carbocycles. The van der Waals surface area contributed by atoms with Gasteiger partial charge < -0.3 is 25.0 Å². The first-order valence-corrected chi connectivity index (χ1v) is 7.04. The minimum Gasteiger partial charge on any atom is -0.444 e. The minimum atomic E-state index is -0.464. The van der Waals surface area contributed by atoms with Crippen LogP contribution in [0.2, 0.25) is 0 Å². The summed E-state index contributed by atoms with van der Waals surface area (Å²) < 4.78 is 5.40. The summed E-state index contributed by atoms with van der Waals surface area (Å²) in [6, 6.07) is 0.206. The van der Waals surface area contributed by atoms with Crippen LogP contribution in [0.5, 0.6) is 0 Å². The Morgan fingerprint density at radius 1 is 1.48 bits per heavy atom. The number of guanidine groups is 1. The number of hydrogen-bond donors (Lipinski definition) is 2. The molecule has 1 amide bonds. The van der Waals surface area contributed by atoms with Crippen LogP contribution in [0.15, 0.2) is 4.99 Å². The molecule has 2 N–H and O–H groups in total. The summed E-state index contributed by atoms with van der Waals surface area (Å²) in [5.41, 5.74) is -0.464. The predicted octanol–water partition coefficient (Wildman–Crippen LogP) is 0.477. The molecule has 1 atom stereocenters. The van der Waals surface area contributed by atoms with Crippen LogP contribution in [0.3, 0.4) is 0 Å². The molecule has 1 saturated heterocycles. The first kappa shape index (κ1) is 18.3. The number of aliphatic imine (C=N–C) groups is 1. The van der Waals surface area contributed by atoms with E-state index in [-0.39, 0.29) is 42.7 Å². The fraction of sp³-hybridized carbons (Fsp3) is 0.846. The summed E-state index contributed by atoms with van der Waals surface area (Å²) >= 11 is 0. The number of piperazine rings is 1. The third-order valence-electron chi connectivity index (χ3n) is 3.25. The zero-order valence-corrected chi connectivity index (χ0v) is 15.2. The van der Waals surface area contributed by atoms with E-state index in [2.05, 4.69) is 15.2 Å². The molecule has 0 spiro atoms. The second-order valence-electron chi connectivity index (χ2n) is 6.09. The summed E-state index contributed by atoms with van der Waals surface area (Å²) in [6.45, 7) is 8.87. The summed E-state index contributed by atoms with van der Waals surface area (Å²) in [4.78, 5) is 20.4. The number of ether oxygens (including phenoxy) is 1. The van der Waals surface area contributed by atoms with E-state index in [4.69, 9.17) is 9.84 Å². The van der Waals surface area contributed by atoms with Crippen molar-refractivity contribution in [3.8, 4) is 0 Å². The van der Waals surface area contributed by atoms with Crippen molar-refractivity contribution in [2.75, 3.05) is 39.3 Å². The maximum absolute atomic E-state index is 12.1. The van der Waals surface area contributed by atoms with Gasteiger partial charge in [0.05, 0.1) is 19.2 Å². The van der Waals surface area contributed by atoms with Gasteiger partial charge in [0.15, 0.2) is 5.96 Å². The maximum Gasteiger partial charge on any atom is 0.410 e. The molecule has 21 heavy (non-hydrogen) atoms. The number of aliphatic hydroxyl groups excluding tert-OH is 1. The second-order valence-corrected chi connectivity index (χ2v) is 6.09. The number of rotatable bonds is 2. The third-order valence-corrected chi connectivity index (χ3v) is 3.25. The zero-order chi connectivity index (χ0) is 14.8. The van der Waals surface area contributed by atoms with Crippen LogP contribution in [0.4, 0.5) is 4.79 Å². The molecule has 7 nitrogen and oxygen atoms in total. The highest BCUT2D eigenvalue weighted by atomic mass is 127. The highest BCUT2D eigenvalue weighted by Crippen LogP contribution is 2.18. The van der Waals surface area contributed by atoms with Gasteiger partial charge in [0, 0.05) is 26.2 Å². The molecule has 0 aromatic heterocycles. The summed E-state index contributed by atoms with van der Waals surface area (Å²) in [7, 11) is 0. The van der Waals surface area contributed by atoms with Crippen LogP contribution in [-0.4, -0.2) is 77.9 Å². The van der Waals surface area contributed by atoms with Crippen LogP contribution < -0.4 is 5.32 Å². The fourth-order valence-electron chi connectivity index (χ4n) is 2.39. The maximum atomic E-state index is 12.1. The molecule has 2 aliphatic rings. The summed E-state index contributed by atoms with van der Waals surface area (Å²) in [5, 5.41) is 11.9. The average molecular weight is 412 g/mol. The van der Waals surface area contributed by atoms with Gasteiger partial charge in [-0.2, -0.15) is 0 Å². The highest BCUT2D eigenvalue weighted by Gasteiger charge is 2.36. The number of carbonyl (C=O) groups is 1. The van der Waals surface area contributed by atoms with E-state index in [0.717, 1.165) is 12.5 Å². The molecule has 2 rings (SSSR count). The van der Waals surface area contributed by atoms with Gasteiger partial charge in [0.2, 0.25) is 0 Å². The van der Waals surface area contributed by atoms with Gasteiger partial charge in [-0.3, -0.25) is 4.99 Å². The minimum absolute atomic E-state index is 0. The van der Waals surface area contributed by atoms with Crippen LogP contribution in [0.25, 0.3) is 0 Å². The number of carbonyl (C=O) groups excluding carboxylic acids is 1. The van der Waals surface area contributed by atoms with E-state index >= 15 is 0 Å². The lowest BCUT2D eigenvalue weighted by Gasteiger charge is -2.39. The van der Waals surface area contributed by atoms with Gasteiger partial charge >= 0.3 is 6.09 Å². The molecule has 0 bridgehead atoms. The van der Waals surface area contributed by atoms with E-state index < -0.39 is 5.60 Å². The second kappa shape index (κ2) is 7.48. The summed E-state index contributed by atoms with van der Waals surface area (Å²) in [5.74, 6) is 0.827. The van der Waals surface area contributed by atoms with Gasteiger partial charge in [0.1, 0.15) is 5.60 Å². The highest BCUT2D eigenvalue weighted by molar-refractivity contribution is 14.0. The zero-order valence-electron chi connectivity index (χ0n) is 12.8. The average Bonchev–Trinajstić information content (AvgIpc) is 2.76. The van der Waals surface area contributed by atoms with Gasteiger partial charge in [-0.15, -0.1) is 24.0 Å². The number of halogens is 1. The van der Waals surface area contributed by atoms with Crippen LogP contribution >= 0.6 is 24.0 Å². The number of hydrogen-bond acceptors (Lipinski definition) is 6. The number of nitrogens with one attached hydrogen (secondary N) is 1. The Kier molecular flexibility index (Phi) is 6.51. The molecule has 1 unspecified atom stereocenters. The Balaban J connectivity index is 0.00000220. The SMILES string of the molecule is CC(C)(C)OC(=O)N1CCN2C(NCCO)=NCC2C1.I. The van der Waals surface area contributed by atoms with Crippen molar-refractivity contribution < 1.29 is 14.6 Å². The lowest BCUT2D eigenvalue weighted by molar-refractivity contribution is 0.0137. The van der Waals surface area contributed by atoms with Crippen molar-refractivity contribution in [3.05, 3.63) is 0 Å². The standard InChI is InChI=1S/C13H24N4O3.HI/c1-13(2,3)20-12(19)16-5-6-17-10(9-16)8-15-11(17)14-4-7-18;/h10,18H,4-9H2,1-3H3,(H,14,15);1H. The van der Waals surface area contributed by atoms with E-state index in [1.54, 1.807) is 4.90 Å². The van der Waals surface area contributed by atoms with Crippen molar-refractivity contribution in [3.63, 3.8) is 0 Å². The molecule has 1 fully saturated rings. The number of amides is 1. The lowest BCUT2D eigenvalue weighted by Crippen LogP contribution is -2.57. The van der Waals surface area contributed by atoms with E-state index in [9.17, 15) is 4.79 Å². The number of nitrogens with zero attached hydrogens (tertiary/aromatic N) is 3. The van der Waals surface area contributed by atoms with E-state index in [1.807, 2.05) is 20.8 Å². The third kappa shape index (κ3) is 4.87. The topological polar surface area (TPSA) is 77.4 Å². The Bertz CT molecular complexity index is 397.